The largest absolute Gasteiger partial charge is 0.385 e. The Morgan fingerprint density at radius 3 is 3.06 bits per heavy atom. The standard InChI is InChI=1S/C14H25N3O/c1-14(2,6-8-18-3)10-17-11-15-9-13(17)12-5-4-7-16-12/h9,11-12,16H,4-8,10H2,1-3H3. The Kier molecular flexibility index (Phi) is 4.40. The lowest BCUT2D eigenvalue weighted by Gasteiger charge is -2.26. The Morgan fingerprint density at radius 2 is 2.39 bits per heavy atom. The molecular formula is C14H25N3O. The fourth-order valence-electron chi connectivity index (χ4n) is 2.61. The van der Waals surface area contributed by atoms with Crippen LogP contribution in [-0.4, -0.2) is 29.8 Å². The molecule has 1 saturated heterocycles. The van der Waals surface area contributed by atoms with Gasteiger partial charge in [0.15, 0.2) is 0 Å². The molecule has 0 amide bonds. The molecule has 0 saturated carbocycles. The molecule has 1 N–H and O–H groups in total. The van der Waals surface area contributed by atoms with Gasteiger partial charge in [-0.1, -0.05) is 13.8 Å². The number of nitrogens with one attached hydrogen (secondary N) is 1. The van der Waals surface area contributed by atoms with Crippen molar-refractivity contribution in [2.45, 2.75) is 45.7 Å². The SMILES string of the molecule is COCCC(C)(C)Cn1cncc1C1CCCN1. The number of hydrogen-bond donors (Lipinski definition) is 1. The Labute approximate surface area is 110 Å². The van der Waals surface area contributed by atoms with Gasteiger partial charge < -0.3 is 14.6 Å². The van der Waals surface area contributed by atoms with Gasteiger partial charge in [-0.3, -0.25) is 0 Å². The molecule has 1 aromatic rings. The number of methoxy groups -OCH3 is 1. The van der Waals surface area contributed by atoms with Crippen molar-refractivity contribution < 1.29 is 4.74 Å². The van der Waals surface area contributed by atoms with E-state index in [9.17, 15) is 0 Å². The van der Waals surface area contributed by atoms with E-state index in [1.807, 2.05) is 12.5 Å². The molecular weight excluding hydrogens is 226 g/mol. The first kappa shape index (κ1) is 13.6. The molecule has 4 heteroatoms. The number of imidazole rings is 1. The lowest BCUT2D eigenvalue weighted by atomic mass is 9.89. The second-order valence-corrected chi connectivity index (χ2v) is 6.00. The molecule has 2 rings (SSSR count). The van der Waals surface area contributed by atoms with Gasteiger partial charge in [0.2, 0.25) is 0 Å². The molecule has 1 unspecified atom stereocenters. The van der Waals surface area contributed by atoms with Gasteiger partial charge in [0.05, 0.1) is 12.0 Å². The van der Waals surface area contributed by atoms with E-state index < -0.39 is 0 Å². The zero-order valence-electron chi connectivity index (χ0n) is 11.8. The molecule has 0 bridgehead atoms. The second kappa shape index (κ2) is 5.85. The van der Waals surface area contributed by atoms with Crippen molar-refractivity contribution in [3.63, 3.8) is 0 Å². The van der Waals surface area contributed by atoms with Gasteiger partial charge in [0.1, 0.15) is 0 Å². The molecule has 1 aromatic heterocycles. The van der Waals surface area contributed by atoms with Crippen molar-refractivity contribution in [2.75, 3.05) is 20.3 Å². The van der Waals surface area contributed by atoms with Gasteiger partial charge in [-0.05, 0) is 31.2 Å². The Hall–Kier alpha value is -0.870. The smallest absolute Gasteiger partial charge is 0.0948 e. The van der Waals surface area contributed by atoms with Crippen LogP contribution in [0, 0.1) is 5.41 Å². The highest BCUT2D eigenvalue weighted by Gasteiger charge is 2.24. The number of rotatable bonds is 6. The van der Waals surface area contributed by atoms with Crippen LogP contribution < -0.4 is 5.32 Å². The summed E-state index contributed by atoms with van der Waals surface area (Å²) in [5, 5.41) is 3.54. The van der Waals surface area contributed by atoms with Crippen molar-refractivity contribution in [1.29, 1.82) is 0 Å². The van der Waals surface area contributed by atoms with Crippen LogP contribution >= 0.6 is 0 Å². The van der Waals surface area contributed by atoms with Gasteiger partial charge in [-0.2, -0.15) is 0 Å². The van der Waals surface area contributed by atoms with Crippen LogP contribution in [0.2, 0.25) is 0 Å². The summed E-state index contributed by atoms with van der Waals surface area (Å²) in [6, 6.07) is 0.491. The zero-order valence-corrected chi connectivity index (χ0v) is 11.8. The summed E-state index contributed by atoms with van der Waals surface area (Å²) in [6.45, 7) is 7.53. The monoisotopic (exact) mass is 251 g/mol. The maximum absolute atomic E-state index is 5.19. The molecule has 18 heavy (non-hydrogen) atoms. The molecule has 102 valence electrons. The van der Waals surface area contributed by atoms with E-state index in [2.05, 4.69) is 28.7 Å². The fourth-order valence-corrected chi connectivity index (χ4v) is 2.61. The average molecular weight is 251 g/mol. The normalized spacial score (nSPS) is 20.5. The third kappa shape index (κ3) is 3.33. The van der Waals surface area contributed by atoms with Gasteiger partial charge in [0.25, 0.3) is 0 Å². The minimum atomic E-state index is 0.240. The van der Waals surface area contributed by atoms with E-state index in [1.165, 1.54) is 18.5 Å². The van der Waals surface area contributed by atoms with Crippen LogP contribution in [0.15, 0.2) is 12.5 Å². The average Bonchev–Trinajstić information content (AvgIpc) is 2.95. The summed E-state index contributed by atoms with van der Waals surface area (Å²) in [4.78, 5) is 4.32. The van der Waals surface area contributed by atoms with Crippen molar-refractivity contribution in [1.82, 2.24) is 14.9 Å². The molecule has 1 aliphatic heterocycles. The Bertz CT molecular complexity index is 367. The van der Waals surface area contributed by atoms with E-state index in [4.69, 9.17) is 4.74 Å². The molecule has 4 nitrogen and oxygen atoms in total. The number of hydrogen-bond acceptors (Lipinski definition) is 3. The molecule has 0 spiro atoms. The van der Waals surface area contributed by atoms with Crippen LogP contribution in [-0.2, 0) is 11.3 Å². The van der Waals surface area contributed by atoms with Gasteiger partial charge in [-0.25, -0.2) is 4.98 Å². The van der Waals surface area contributed by atoms with E-state index >= 15 is 0 Å². The number of ether oxygens (including phenoxy) is 1. The third-order valence-electron chi connectivity index (χ3n) is 3.74. The maximum Gasteiger partial charge on any atom is 0.0948 e. The Balaban J connectivity index is 2.02. The van der Waals surface area contributed by atoms with Gasteiger partial charge in [-0.15, -0.1) is 0 Å². The third-order valence-corrected chi connectivity index (χ3v) is 3.74. The van der Waals surface area contributed by atoms with Crippen LogP contribution in [0.25, 0.3) is 0 Å². The highest BCUT2D eigenvalue weighted by atomic mass is 16.5. The first-order valence-corrected chi connectivity index (χ1v) is 6.85. The lowest BCUT2D eigenvalue weighted by molar-refractivity contribution is 0.141. The van der Waals surface area contributed by atoms with Crippen LogP contribution in [0.3, 0.4) is 0 Å². The van der Waals surface area contributed by atoms with Crippen LogP contribution in [0.1, 0.15) is 44.8 Å². The van der Waals surface area contributed by atoms with Crippen LogP contribution in [0.5, 0.6) is 0 Å². The first-order valence-electron chi connectivity index (χ1n) is 6.85. The topological polar surface area (TPSA) is 39.1 Å². The van der Waals surface area contributed by atoms with Gasteiger partial charge >= 0.3 is 0 Å². The summed E-state index contributed by atoms with van der Waals surface area (Å²) >= 11 is 0. The molecule has 1 atom stereocenters. The van der Waals surface area contributed by atoms with Crippen molar-refractivity contribution >= 4 is 0 Å². The molecule has 1 fully saturated rings. The first-order chi connectivity index (χ1) is 8.62. The molecule has 0 radical (unpaired) electrons. The zero-order chi connectivity index (χ0) is 13.0. The predicted molar refractivity (Wildman–Crippen MR) is 72.5 cm³/mol. The fraction of sp³-hybridized carbons (Fsp3) is 0.786. The van der Waals surface area contributed by atoms with Crippen molar-refractivity contribution in [3.05, 3.63) is 18.2 Å². The summed E-state index contributed by atoms with van der Waals surface area (Å²) in [6.07, 6.45) is 7.53. The van der Waals surface area contributed by atoms with Crippen molar-refractivity contribution in [3.8, 4) is 0 Å². The van der Waals surface area contributed by atoms with E-state index in [1.54, 1.807) is 7.11 Å². The minimum absolute atomic E-state index is 0.240. The summed E-state index contributed by atoms with van der Waals surface area (Å²) in [5.74, 6) is 0. The molecule has 0 aliphatic carbocycles. The lowest BCUT2D eigenvalue weighted by Crippen LogP contribution is -2.24. The maximum atomic E-state index is 5.19. The Morgan fingerprint density at radius 1 is 1.56 bits per heavy atom. The summed E-state index contributed by atoms with van der Waals surface area (Å²) in [7, 11) is 1.77. The van der Waals surface area contributed by atoms with E-state index in [-0.39, 0.29) is 5.41 Å². The van der Waals surface area contributed by atoms with Crippen molar-refractivity contribution in [2.24, 2.45) is 5.41 Å². The van der Waals surface area contributed by atoms with Crippen LogP contribution in [0.4, 0.5) is 0 Å². The summed E-state index contributed by atoms with van der Waals surface area (Å²) < 4.78 is 7.49. The minimum Gasteiger partial charge on any atom is -0.385 e. The highest BCUT2D eigenvalue weighted by Crippen LogP contribution is 2.27. The quantitative estimate of drug-likeness (QED) is 0.843. The molecule has 1 aliphatic rings. The van der Waals surface area contributed by atoms with Gasteiger partial charge in [0, 0.05) is 32.5 Å². The molecule has 2 heterocycles. The number of aromatic nitrogens is 2. The second-order valence-electron chi connectivity index (χ2n) is 6.00. The van der Waals surface area contributed by atoms with E-state index in [0.717, 1.165) is 26.1 Å². The molecule has 0 aromatic carbocycles. The predicted octanol–water partition coefficient (Wildman–Crippen LogP) is 2.37. The van der Waals surface area contributed by atoms with E-state index in [0.29, 0.717) is 6.04 Å². The number of nitrogens with zero attached hydrogens (tertiary/aromatic N) is 2. The summed E-state index contributed by atoms with van der Waals surface area (Å²) in [5.41, 5.74) is 1.57. The highest BCUT2D eigenvalue weighted by molar-refractivity contribution is 5.07.